The van der Waals surface area contributed by atoms with Gasteiger partial charge < -0.3 is 10.1 Å². The van der Waals surface area contributed by atoms with Crippen molar-refractivity contribution in [3.63, 3.8) is 0 Å². The van der Waals surface area contributed by atoms with Crippen LogP contribution in [0.2, 0.25) is 0 Å². The molecule has 3 heteroatoms. The summed E-state index contributed by atoms with van der Waals surface area (Å²) in [5, 5.41) is 1.95. The lowest BCUT2D eigenvalue weighted by Crippen LogP contribution is -2.72. The van der Waals surface area contributed by atoms with Gasteiger partial charge in [-0.3, -0.25) is 0 Å². The number of rotatable bonds is 3. The molecule has 13 heavy (non-hydrogen) atoms. The van der Waals surface area contributed by atoms with Gasteiger partial charge in [-0.1, -0.05) is 6.07 Å². The highest BCUT2D eigenvalue weighted by Crippen LogP contribution is 2.06. The van der Waals surface area contributed by atoms with Gasteiger partial charge in [0.2, 0.25) is 0 Å². The van der Waals surface area contributed by atoms with Crippen LogP contribution in [0.4, 0.5) is 5.69 Å². The third-order valence-corrected chi connectivity index (χ3v) is 1.73. The Bertz CT molecular complexity index is 297. The first-order valence-electron chi connectivity index (χ1n) is 4.34. The molecule has 0 fully saturated rings. The molecule has 0 unspecified atom stereocenters. The van der Waals surface area contributed by atoms with E-state index in [9.17, 15) is 4.79 Å². The molecule has 0 spiro atoms. The predicted octanol–water partition coefficient (Wildman–Crippen LogP) is 0.688. The van der Waals surface area contributed by atoms with Crippen LogP contribution in [0, 0.1) is 0 Å². The van der Waals surface area contributed by atoms with E-state index in [0.29, 0.717) is 12.2 Å². The lowest BCUT2D eigenvalue weighted by atomic mass is 10.2. The van der Waals surface area contributed by atoms with Crippen LogP contribution in [0.15, 0.2) is 24.3 Å². The molecule has 1 aromatic rings. The maximum atomic E-state index is 11.3. The number of esters is 1. The Kier molecular flexibility index (Phi) is 3.46. The molecule has 0 radical (unpaired) electrons. The second kappa shape index (κ2) is 4.62. The van der Waals surface area contributed by atoms with E-state index in [2.05, 4.69) is 0 Å². The number of quaternary nitrogens is 1. The van der Waals surface area contributed by atoms with Crippen molar-refractivity contribution in [1.82, 2.24) is 0 Å². The molecule has 3 nitrogen and oxygen atoms in total. The van der Waals surface area contributed by atoms with E-state index in [0.717, 1.165) is 5.69 Å². The van der Waals surface area contributed by atoms with Crippen molar-refractivity contribution in [1.29, 1.82) is 0 Å². The van der Waals surface area contributed by atoms with Gasteiger partial charge in [0, 0.05) is 6.07 Å². The summed E-state index contributed by atoms with van der Waals surface area (Å²) in [6, 6.07) is 7.37. The Morgan fingerprint density at radius 1 is 1.54 bits per heavy atom. The van der Waals surface area contributed by atoms with Gasteiger partial charge in [-0.25, -0.2) is 4.79 Å². The van der Waals surface area contributed by atoms with Crippen LogP contribution in [0.25, 0.3) is 0 Å². The summed E-state index contributed by atoms with van der Waals surface area (Å²) >= 11 is 0. The molecule has 0 bridgehead atoms. The second-order valence-electron chi connectivity index (χ2n) is 2.63. The lowest BCUT2D eigenvalue weighted by Gasteiger charge is -2.01. The molecular formula is C10H14NO2+. The fraction of sp³-hybridized carbons (Fsp3) is 0.300. The van der Waals surface area contributed by atoms with E-state index in [4.69, 9.17) is 4.74 Å². The van der Waals surface area contributed by atoms with Gasteiger partial charge in [-0.05, 0) is 19.1 Å². The van der Waals surface area contributed by atoms with Crippen LogP contribution in [-0.4, -0.2) is 19.6 Å². The minimum atomic E-state index is -0.258. The molecule has 1 rings (SSSR count). The molecule has 0 atom stereocenters. The SMILES string of the molecule is CCOC(=O)c1cccc([NH2+]C)c1. The van der Waals surface area contributed by atoms with Crippen molar-refractivity contribution in [3.8, 4) is 0 Å². The van der Waals surface area contributed by atoms with Gasteiger partial charge in [0.25, 0.3) is 0 Å². The number of nitrogens with two attached hydrogens (primary N) is 1. The monoisotopic (exact) mass is 180 g/mol. The zero-order chi connectivity index (χ0) is 9.68. The highest BCUT2D eigenvalue weighted by molar-refractivity contribution is 5.90. The molecule has 0 heterocycles. The second-order valence-corrected chi connectivity index (χ2v) is 2.63. The van der Waals surface area contributed by atoms with Crippen LogP contribution >= 0.6 is 0 Å². The number of carbonyl (C=O) groups excluding carboxylic acids is 1. The van der Waals surface area contributed by atoms with E-state index >= 15 is 0 Å². The molecule has 2 N–H and O–H groups in total. The minimum absolute atomic E-state index is 0.258. The van der Waals surface area contributed by atoms with Crippen molar-refractivity contribution < 1.29 is 14.8 Å². The fourth-order valence-corrected chi connectivity index (χ4v) is 1.06. The average Bonchev–Trinajstić information content (AvgIpc) is 2.18. The molecule has 0 amide bonds. The molecule has 1 aromatic carbocycles. The fourth-order valence-electron chi connectivity index (χ4n) is 1.06. The van der Waals surface area contributed by atoms with Crippen molar-refractivity contribution in [2.24, 2.45) is 0 Å². The summed E-state index contributed by atoms with van der Waals surface area (Å²) in [7, 11) is 1.93. The van der Waals surface area contributed by atoms with Crippen LogP contribution in [0.3, 0.4) is 0 Å². The Labute approximate surface area is 77.7 Å². The Morgan fingerprint density at radius 2 is 2.31 bits per heavy atom. The summed E-state index contributed by atoms with van der Waals surface area (Å²) < 4.78 is 4.87. The van der Waals surface area contributed by atoms with Crippen LogP contribution in [-0.2, 0) is 4.74 Å². The predicted molar refractivity (Wildman–Crippen MR) is 49.9 cm³/mol. The van der Waals surface area contributed by atoms with Gasteiger partial charge in [-0.15, -0.1) is 0 Å². The maximum Gasteiger partial charge on any atom is 0.338 e. The van der Waals surface area contributed by atoms with E-state index in [-0.39, 0.29) is 5.97 Å². The topological polar surface area (TPSA) is 42.9 Å². The largest absolute Gasteiger partial charge is 0.462 e. The standard InChI is InChI=1S/C10H13NO2/c1-3-13-10(12)8-5-4-6-9(7-8)11-2/h4-7,11H,3H2,1-2H3/p+1. The Balaban J connectivity index is 2.82. The molecule has 0 aliphatic heterocycles. The number of benzene rings is 1. The highest BCUT2D eigenvalue weighted by atomic mass is 16.5. The number of ether oxygens (including phenoxy) is 1. The van der Waals surface area contributed by atoms with Gasteiger partial charge in [0.05, 0.1) is 19.2 Å². The third kappa shape index (κ3) is 2.56. The smallest absolute Gasteiger partial charge is 0.338 e. The Morgan fingerprint density at radius 3 is 2.92 bits per heavy atom. The Hall–Kier alpha value is -1.35. The summed E-state index contributed by atoms with van der Waals surface area (Å²) in [4.78, 5) is 11.3. The molecule has 0 aliphatic carbocycles. The summed E-state index contributed by atoms with van der Waals surface area (Å²) in [6.45, 7) is 2.21. The third-order valence-electron chi connectivity index (χ3n) is 1.73. The molecule has 0 aromatic heterocycles. The van der Waals surface area contributed by atoms with Crippen LogP contribution in [0.5, 0.6) is 0 Å². The quantitative estimate of drug-likeness (QED) is 0.549. The number of hydrogen-bond donors (Lipinski definition) is 1. The summed E-state index contributed by atoms with van der Waals surface area (Å²) in [6.07, 6.45) is 0. The molecular weight excluding hydrogens is 166 g/mol. The first-order valence-corrected chi connectivity index (χ1v) is 4.34. The zero-order valence-electron chi connectivity index (χ0n) is 7.91. The first-order chi connectivity index (χ1) is 6.27. The molecule has 0 saturated heterocycles. The number of carbonyl (C=O) groups is 1. The zero-order valence-corrected chi connectivity index (χ0v) is 7.91. The molecule has 0 saturated carbocycles. The van der Waals surface area contributed by atoms with E-state index in [1.54, 1.807) is 13.0 Å². The van der Waals surface area contributed by atoms with Crippen molar-refractivity contribution in [2.45, 2.75) is 6.92 Å². The summed E-state index contributed by atoms with van der Waals surface area (Å²) in [5.74, 6) is -0.258. The number of hydrogen-bond acceptors (Lipinski definition) is 2. The average molecular weight is 180 g/mol. The minimum Gasteiger partial charge on any atom is -0.462 e. The van der Waals surface area contributed by atoms with Gasteiger partial charge >= 0.3 is 5.97 Å². The van der Waals surface area contributed by atoms with Crippen molar-refractivity contribution >= 4 is 11.7 Å². The molecule has 0 aliphatic rings. The lowest BCUT2D eigenvalue weighted by molar-refractivity contribution is -0.539. The normalized spacial score (nSPS) is 9.69. The summed E-state index contributed by atoms with van der Waals surface area (Å²) in [5.41, 5.74) is 1.64. The van der Waals surface area contributed by atoms with Crippen molar-refractivity contribution in [3.05, 3.63) is 29.8 Å². The molecule has 70 valence electrons. The van der Waals surface area contributed by atoms with E-state index < -0.39 is 0 Å². The van der Waals surface area contributed by atoms with Gasteiger partial charge in [0.1, 0.15) is 5.69 Å². The van der Waals surface area contributed by atoms with Crippen molar-refractivity contribution in [2.75, 3.05) is 13.7 Å². The van der Waals surface area contributed by atoms with E-state index in [1.165, 1.54) is 0 Å². The van der Waals surface area contributed by atoms with Gasteiger partial charge in [-0.2, -0.15) is 0 Å². The van der Waals surface area contributed by atoms with E-state index in [1.807, 2.05) is 30.6 Å². The van der Waals surface area contributed by atoms with Crippen LogP contribution in [0.1, 0.15) is 17.3 Å². The van der Waals surface area contributed by atoms with Gasteiger partial charge in [0.15, 0.2) is 0 Å². The highest BCUT2D eigenvalue weighted by Gasteiger charge is 2.06. The first kappa shape index (κ1) is 9.74. The van der Waals surface area contributed by atoms with Crippen LogP contribution < -0.4 is 5.32 Å². The maximum absolute atomic E-state index is 11.3.